The predicted molar refractivity (Wildman–Crippen MR) is 82.7 cm³/mol. The minimum absolute atomic E-state index is 0.484. The molecule has 0 heterocycles. The SMILES string of the molecule is CCc1cc(Br)ccc1NC(=O)C(C(=O)O)C(C)(C)C. The smallest absolute Gasteiger partial charge is 0.316 e. The van der Waals surface area contributed by atoms with E-state index < -0.39 is 23.2 Å². The molecule has 0 radical (unpaired) electrons. The molecule has 0 aromatic heterocycles. The van der Waals surface area contributed by atoms with E-state index >= 15 is 0 Å². The molecule has 2 N–H and O–H groups in total. The number of carboxylic acids is 1. The Morgan fingerprint density at radius 2 is 1.95 bits per heavy atom. The van der Waals surface area contributed by atoms with Crippen molar-refractivity contribution in [3.05, 3.63) is 28.2 Å². The molecule has 1 unspecified atom stereocenters. The highest BCUT2D eigenvalue weighted by Gasteiger charge is 2.37. The highest BCUT2D eigenvalue weighted by molar-refractivity contribution is 9.10. The van der Waals surface area contributed by atoms with Crippen LogP contribution in [0, 0.1) is 11.3 Å². The third-order valence-corrected chi connectivity index (χ3v) is 3.57. The van der Waals surface area contributed by atoms with Gasteiger partial charge in [0, 0.05) is 10.2 Å². The van der Waals surface area contributed by atoms with Crippen molar-refractivity contribution in [1.29, 1.82) is 0 Å². The number of rotatable bonds is 4. The molecule has 1 atom stereocenters. The molecule has 4 nitrogen and oxygen atoms in total. The summed E-state index contributed by atoms with van der Waals surface area (Å²) in [4.78, 5) is 23.6. The molecule has 0 bridgehead atoms. The zero-order valence-corrected chi connectivity index (χ0v) is 13.7. The van der Waals surface area contributed by atoms with Crippen LogP contribution in [-0.4, -0.2) is 17.0 Å². The van der Waals surface area contributed by atoms with E-state index in [-0.39, 0.29) is 0 Å². The van der Waals surface area contributed by atoms with Crippen molar-refractivity contribution in [1.82, 2.24) is 0 Å². The molecule has 0 spiro atoms. The molecule has 0 aliphatic carbocycles. The van der Waals surface area contributed by atoms with Gasteiger partial charge < -0.3 is 10.4 Å². The third-order valence-electron chi connectivity index (χ3n) is 3.08. The zero-order chi connectivity index (χ0) is 15.5. The van der Waals surface area contributed by atoms with Crippen LogP contribution in [0.2, 0.25) is 0 Å². The molecule has 0 fully saturated rings. The fraction of sp³-hybridized carbons (Fsp3) is 0.467. The summed E-state index contributed by atoms with van der Waals surface area (Å²) in [6.45, 7) is 7.21. The van der Waals surface area contributed by atoms with Crippen LogP contribution in [0.4, 0.5) is 5.69 Å². The maximum absolute atomic E-state index is 12.3. The molecule has 0 aliphatic heterocycles. The number of halogens is 1. The lowest BCUT2D eigenvalue weighted by atomic mass is 9.80. The van der Waals surface area contributed by atoms with Gasteiger partial charge in [0.2, 0.25) is 5.91 Å². The van der Waals surface area contributed by atoms with E-state index in [0.29, 0.717) is 5.69 Å². The van der Waals surface area contributed by atoms with Crippen molar-refractivity contribution in [2.45, 2.75) is 34.1 Å². The second-order valence-electron chi connectivity index (χ2n) is 5.78. The Morgan fingerprint density at radius 1 is 1.35 bits per heavy atom. The Morgan fingerprint density at radius 3 is 2.40 bits per heavy atom. The van der Waals surface area contributed by atoms with Crippen molar-refractivity contribution in [3.63, 3.8) is 0 Å². The zero-order valence-electron chi connectivity index (χ0n) is 12.2. The lowest BCUT2D eigenvalue weighted by molar-refractivity contribution is -0.149. The fourth-order valence-electron chi connectivity index (χ4n) is 2.06. The highest BCUT2D eigenvalue weighted by atomic mass is 79.9. The second-order valence-corrected chi connectivity index (χ2v) is 6.70. The normalized spacial score (nSPS) is 12.8. The number of hydrogen-bond acceptors (Lipinski definition) is 2. The molecule has 0 saturated heterocycles. The van der Waals surface area contributed by atoms with Gasteiger partial charge in [0.1, 0.15) is 5.92 Å². The number of aryl methyl sites for hydroxylation is 1. The fourth-order valence-corrected chi connectivity index (χ4v) is 2.47. The maximum atomic E-state index is 12.3. The monoisotopic (exact) mass is 341 g/mol. The average Bonchev–Trinajstić information content (AvgIpc) is 2.28. The van der Waals surface area contributed by atoms with Crippen molar-refractivity contribution < 1.29 is 14.7 Å². The molecular formula is C15H20BrNO3. The van der Waals surface area contributed by atoms with Gasteiger partial charge in [0.15, 0.2) is 0 Å². The first kappa shape index (κ1) is 16.7. The summed E-state index contributed by atoms with van der Waals surface area (Å²) in [7, 11) is 0. The van der Waals surface area contributed by atoms with Gasteiger partial charge in [-0.3, -0.25) is 9.59 Å². The minimum Gasteiger partial charge on any atom is -0.481 e. The molecule has 1 amide bonds. The van der Waals surface area contributed by atoms with Crippen LogP contribution in [0.15, 0.2) is 22.7 Å². The topological polar surface area (TPSA) is 66.4 Å². The largest absolute Gasteiger partial charge is 0.481 e. The first-order valence-corrected chi connectivity index (χ1v) is 7.28. The van der Waals surface area contributed by atoms with Crippen LogP contribution in [-0.2, 0) is 16.0 Å². The second kappa shape index (κ2) is 6.39. The van der Waals surface area contributed by atoms with Gasteiger partial charge in [-0.25, -0.2) is 0 Å². The van der Waals surface area contributed by atoms with Gasteiger partial charge in [0.05, 0.1) is 0 Å². The van der Waals surface area contributed by atoms with E-state index in [1.54, 1.807) is 26.8 Å². The summed E-state index contributed by atoms with van der Waals surface area (Å²) in [5.74, 6) is -2.68. The van der Waals surface area contributed by atoms with Gasteiger partial charge in [-0.05, 0) is 35.6 Å². The highest BCUT2D eigenvalue weighted by Crippen LogP contribution is 2.29. The summed E-state index contributed by atoms with van der Waals surface area (Å²) in [5, 5.41) is 12.0. The van der Waals surface area contributed by atoms with Crippen LogP contribution in [0.5, 0.6) is 0 Å². The van der Waals surface area contributed by atoms with Crippen LogP contribution >= 0.6 is 15.9 Å². The van der Waals surface area contributed by atoms with Gasteiger partial charge >= 0.3 is 5.97 Å². The molecule has 110 valence electrons. The van der Waals surface area contributed by atoms with Crippen molar-refractivity contribution in [3.8, 4) is 0 Å². The number of anilines is 1. The molecule has 0 saturated carbocycles. The van der Waals surface area contributed by atoms with Crippen molar-refractivity contribution in [2.24, 2.45) is 11.3 Å². The number of benzene rings is 1. The van der Waals surface area contributed by atoms with Crippen LogP contribution < -0.4 is 5.32 Å². The Hall–Kier alpha value is -1.36. The summed E-state index contributed by atoms with van der Waals surface area (Å²) < 4.78 is 0.929. The molecule has 5 heteroatoms. The van der Waals surface area contributed by atoms with E-state index in [1.807, 2.05) is 19.1 Å². The van der Waals surface area contributed by atoms with E-state index in [4.69, 9.17) is 0 Å². The lowest BCUT2D eigenvalue weighted by Crippen LogP contribution is -2.39. The Labute approximate surface area is 127 Å². The molecule has 1 aromatic carbocycles. The standard InChI is InChI=1S/C15H20BrNO3/c1-5-9-8-10(16)6-7-11(9)17-13(18)12(14(19)20)15(2,3)4/h6-8,12H,5H2,1-4H3,(H,17,18)(H,19,20). The number of nitrogens with one attached hydrogen (secondary N) is 1. The Kier molecular flexibility index (Phi) is 5.34. The predicted octanol–water partition coefficient (Wildman–Crippen LogP) is 3.70. The summed E-state index contributed by atoms with van der Waals surface area (Å²) in [5.41, 5.74) is 0.986. The number of aliphatic carboxylic acids is 1. The van der Waals surface area contributed by atoms with Gasteiger partial charge in [0.25, 0.3) is 0 Å². The van der Waals surface area contributed by atoms with E-state index in [1.165, 1.54) is 0 Å². The molecule has 1 aromatic rings. The van der Waals surface area contributed by atoms with E-state index in [9.17, 15) is 14.7 Å². The Bertz CT molecular complexity index is 520. The molecule has 1 rings (SSSR count). The first-order chi connectivity index (χ1) is 9.16. The van der Waals surface area contributed by atoms with E-state index in [2.05, 4.69) is 21.2 Å². The van der Waals surface area contributed by atoms with Crippen LogP contribution in [0.3, 0.4) is 0 Å². The summed E-state index contributed by atoms with van der Waals surface area (Å²) in [6, 6.07) is 5.52. The maximum Gasteiger partial charge on any atom is 0.316 e. The summed E-state index contributed by atoms with van der Waals surface area (Å²) in [6.07, 6.45) is 0.752. The number of carboxylic acid groups (broad SMARTS) is 1. The average molecular weight is 342 g/mol. The molecular weight excluding hydrogens is 322 g/mol. The minimum atomic E-state index is -1.11. The summed E-state index contributed by atoms with van der Waals surface area (Å²) >= 11 is 3.38. The number of amides is 1. The van der Waals surface area contributed by atoms with Crippen LogP contribution in [0.1, 0.15) is 33.3 Å². The van der Waals surface area contributed by atoms with Gasteiger partial charge in [-0.15, -0.1) is 0 Å². The Balaban J connectivity index is 3.03. The molecule has 0 aliphatic rings. The quantitative estimate of drug-likeness (QED) is 0.820. The number of hydrogen-bond donors (Lipinski definition) is 2. The van der Waals surface area contributed by atoms with Crippen molar-refractivity contribution in [2.75, 3.05) is 5.32 Å². The first-order valence-electron chi connectivity index (χ1n) is 6.49. The van der Waals surface area contributed by atoms with Crippen molar-refractivity contribution >= 4 is 33.5 Å². The number of carbonyl (C=O) groups excluding carboxylic acids is 1. The van der Waals surface area contributed by atoms with Gasteiger partial charge in [-0.1, -0.05) is 43.6 Å². The van der Waals surface area contributed by atoms with Gasteiger partial charge in [-0.2, -0.15) is 0 Å². The number of carbonyl (C=O) groups is 2. The van der Waals surface area contributed by atoms with E-state index in [0.717, 1.165) is 16.5 Å². The molecule has 20 heavy (non-hydrogen) atoms. The lowest BCUT2D eigenvalue weighted by Gasteiger charge is -2.26. The third kappa shape index (κ3) is 4.07. The van der Waals surface area contributed by atoms with Crippen LogP contribution in [0.25, 0.3) is 0 Å².